The fourth-order valence-electron chi connectivity index (χ4n) is 14.7. The van der Waals surface area contributed by atoms with Crippen LogP contribution in [0.2, 0.25) is 0 Å². The van der Waals surface area contributed by atoms with E-state index in [2.05, 4.69) is 27.7 Å². The zero-order chi connectivity index (χ0) is 44.2. The van der Waals surface area contributed by atoms with Crippen molar-refractivity contribution in [3.63, 3.8) is 0 Å². The van der Waals surface area contributed by atoms with Crippen molar-refractivity contribution in [2.24, 2.45) is 52.3 Å². The highest BCUT2D eigenvalue weighted by Crippen LogP contribution is 2.71. The Morgan fingerprint density at radius 3 is 1.89 bits per heavy atom. The van der Waals surface area contributed by atoms with Gasteiger partial charge in [0.2, 0.25) is 0 Å². The van der Waals surface area contributed by atoms with Crippen molar-refractivity contribution >= 4 is 0 Å². The molecule has 0 aromatic heterocycles. The van der Waals surface area contributed by atoms with Crippen LogP contribution in [0.25, 0.3) is 0 Å². The Bertz CT molecular complexity index is 1550. The van der Waals surface area contributed by atoms with Gasteiger partial charge in [0.15, 0.2) is 24.7 Å². The first-order valence-corrected chi connectivity index (χ1v) is 23.7. The molecule has 0 amide bonds. The molecule has 1 spiro atoms. The van der Waals surface area contributed by atoms with Crippen LogP contribution >= 0.6 is 0 Å². The van der Waals surface area contributed by atoms with Gasteiger partial charge in [0.25, 0.3) is 0 Å². The monoisotopic (exact) mass is 886 g/mol. The van der Waals surface area contributed by atoms with Crippen LogP contribution in [0.1, 0.15) is 98.8 Å². The molecule has 0 aromatic carbocycles. The SMILES string of the molecule is C[C@@H]1CC[C@@]2(OC1)O[C@H]1C[C@@H]3[C@@H]4CC[C@@H]5C[C@H](O[C@@H]6O[C@@H](C)[C@H](O[C@@H]7O[C@H](CO)[C@@H](O[C@@H]8O[C@H](CO)[C@@H](O)[C@H](O)[C@H]8O)[C@H](O)[C@H]7O)[C@@H](O)[C@H]6O)CC[C@@]5(C)[C@H]4CC[C@@]3(C)[C@H]1[C@@H]2C. The van der Waals surface area contributed by atoms with Gasteiger partial charge in [-0.15, -0.1) is 0 Å². The standard InChI is InChI=1S/C45H74O17/c1-19-8-13-45(55-18-19)20(2)30-27(62-45)15-26-24-7-6-22-14-23(9-11-43(22,4)25(24)10-12-44(26,30)5)57-40-36(53)33(50)38(21(3)56-40)60-42-37(54)34(51)39(29(17-47)59-42)61-41-35(52)32(49)31(48)28(16-46)58-41/h19-42,46-54H,6-18H2,1-5H3/t19-,20+,21+,22-,23-,24-,25+,26-,27+,28-,29-,30+,31-,32+,33+,34-,35-,36-,37-,38+,39-,40+,41+,42+,43-,44-,45-/m1/s1. The average Bonchev–Trinajstić information content (AvgIpc) is 3.70. The largest absolute Gasteiger partial charge is 0.394 e. The number of ether oxygens (including phenoxy) is 8. The van der Waals surface area contributed by atoms with Crippen molar-refractivity contribution in [1.82, 2.24) is 0 Å². The van der Waals surface area contributed by atoms with Gasteiger partial charge in [0.05, 0.1) is 38.1 Å². The molecule has 5 heterocycles. The lowest BCUT2D eigenvalue weighted by molar-refractivity contribution is -0.379. The Balaban J connectivity index is 0.788. The van der Waals surface area contributed by atoms with Crippen LogP contribution in [0.3, 0.4) is 0 Å². The summed E-state index contributed by atoms with van der Waals surface area (Å²) in [6.07, 6.45) is -11.7. The number of fused-ring (bicyclic) bond motifs is 7. The van der Waals surface area contributed by atoms with Crippen LogP contribution in [-0.2, 0) is 37.9 Å². The number of hydrogen-bond acceptors (Lipinski definition) is 17. The third-order valence-electron chi connectivity index (χ3n) is 18.2. The van der Waals surface area contributed by atoms with E-state index in [-0.39, 0.29) is 23.0 Å². The van der Waals surface area contributed by atoms with Gasteiger partial charge in [0, 0.05) is 12.3 Å². The summed E-state index contributed by atoms with van der Waals surface area (Å²) < 4.78 is 48.9. The van der Waals surface area contributed by atoms with E-state index in [9.17, 15) is 46.0 Å². The first-order chi connectivity index (χ1) is 29.4. The fraction of sp³-hybridized carbons (Fsp3) is 1.00. The Hall–Kier alpha value is -0.680. The number of aliphatic hydroxyl groups is 9. The summed E-state index contributed by atoms with van der Waals surface area (Å²) in [6.45, 7) is 10.7. The second-order valence-corrected chi connectivity index (χ2v) is 21.5. The predicted molar refractivity (Wildman–Crippen MR) is 214 cm³/mol. The number of aliphatic hydroxyl groups excluding tert-OH is 9. The van der Waals surface area contributed by atoms with Crippen molar-refractivity contribution in [3.8, 4) is 0 Å². The van der Waals surface area contributed by atoms with E-state index < -0.39 is 111 Å². The topological polar surface area (TPSA) is 256 Å². The summed E-state index contributed by atoms with van der Waals surface area (Å²) in [7, 11) is 0. The maximum atomic E-state index is 11.4. The maximum absolute atomic E-state index is 11.4. The van der Waals surface area contributed by atoms with E-state index >= 15 is 0 Å². The highest BCUT2D eigenvalue weighted by Gasteiger charge is 2.69. The van der Waals surface area contributed by atoms with E-state index in [4.69, 9.17) is 37.9 Å². The molecular formula is C45H74O17. The van der Waals surface area contributed by atoms with Crippen LogP contribution in [0.15, 0.2) is 0 Å². The second kappa shape index (κ2) is 17.4. The van der Waals surface area contributed by atoms with Gasteiger partial charge in [-0.2, -0.15) is 0 Å². The summed E-state index contributed by atoms with van der Waals surface area (Å²) in [4.78, 5) is 0. The molecule has 9 fully saturated rings. The average molecular weight is 887 g/mol. The molecule has 0 unspecified atom stereocenters. The summed E-state index contributed by atoms with van der Waals surface area (Å²) in [6, 6.07) is 0. The van der Waals surface area contributed by atoms with Crippen LogP contribution in [-0.4, -0.2) is 176 Å². The maximum Gasteiger partial charge on any atom is 0.187 e. The van der Waals surface area contributed by atoms with Gasteiger partial charge in [0.1, 0.15) is 67.1 Å². The van der Waals surface area contributed by atoms with Crippen LogP contribution in [0.5, 0.6) is 0 Å². The Labute approximate surface area is 364 Å². The Morgan fingerprint density at radius 1 is 0.581 bits per heavy atom. The van der Waals surface area contributed by atoms with Crippen molar-refractivity contribution < 1.29 is 83.9 Å². The van der Waals surface area contributed by atoms with Gasteiger partial charge in [-0.3, -0.25) is 0 Å². The van der Waals surface area contributed by atoms with Crippen molar-refractivity contribution in [2.45, 2.75) is 209 Å². The summed E-state index contributed by atoms with van der Waals surface area (Å²) in [5.74, 6) is 3.55. The lowest BCUT2D eigenvalue weighted by Crippen LogP contribution is -2.66. The van der Waals surface area contributed by atoms with Crippen molar-refractivity contribution in [1.29, 1.82) is 0 Å². The zero-order valence-electron chi connectivity index (χ0n) is 36.8. The highest BCUT2D eigenvalue weighted by atomic mass is 16.8. The zero-order valence-corrected chi connectivity index (χ0v) is 36.8. The minimum absolute atomic E-state index is 0.172. The Morgan fingerprint density at radius 2 is 1.21 bits per heavy atom. The van der Waals surface area contributed by atoms with Crippen molar-refractivity contribution in [2.75, 3.05) is 19.8 Å². The predicted octanol–water partition coefficient (Wildman–Crippen LogP) is 0.294. The molecular weight excluding hydrogens is 812 g/mol. The molecule has 5 aliphatic heterocycles. The summed E-state index contributed by atoms with van der Waals surface area (Å²) in [5.41, 5.74) is 0.445. The molecule has 0 bridgehead atoms. The van der Waals surface area contributed by atoms with Gasteiger partial charge in [-0.05, 0) is 111 Å². The van der Waals surface area contributed by atoms with Gasteiger partial charge < -0.3 is 83.9 Å². The fourth-order valence-corrected chi connectivity index (χ4v) is 14.7. The second-order valence-electron chi connectivity index (χ2n) is 21.5. The minimum atomic E-state index is -1.82. The van der Waals surface area contributed by atoms with Crippen molar-refractivity contribution in [3.05, 3.63) is 0 Å². The van der Waals surface area contributed by atoms with E-state index in [1.165, 1.54) is 25.7 Å². The normalized spacial score (nSPS) is 58.9. The molecule has 5 saturated heterocycles. The third kappa shape index (κ3) is 7.56. The number of hydrogen-bond donors (Lipinski definition) is 9. The molecule has 17 heteroatoms. The van der Waals surface area contributed by atoms with Gasteiger partial charge in [-0.1, -0.05) is 27.7 Å². The van der Waals surface area contributed by atoms with Gasteiger partial charge in [-0.25, -0.2) is 0 Å². The lowest BCUT2D eigenvalue weighted by atomic mass is 9.44. The molecule has 27 atom stereocenters. The van der Waals surface area contributed by atoms with Crippen LogP contribution in [0.4, 0.5) is 0 Å². The summed E-state index contributed by atoms with van der Waals surface area (Å²) in [5, 5.41) is 95.4. The molecule has 356 valence electrons. The number of rotatable bonds is 8. The Kier molecular flexibility index (Phi) is 13.1. The quantitative estimate of drug-likeness (QED) is 0.149. The molecule has 17 nitrogen and oxygen atoms in total. The minimum Gasteiger partial charge on any atom is -0.394 e. The van der Waals surface area contributed by atoms with E-state index in [1.807, 2.05) is 0 Å². The van der Waals surface area contributed by atoms with Gasteiger partial charge >= 0.3 is 0 Å². The molecule has 9 N–H and O–H groups in total. The molecule has 4 aliphatic carbocycles. The van der Waals surface area contributed by atoms with Crippen LogP contribution < -0.4 is 0 Å². The first kappa shape index (κ1) is 46.4. The van der Waals surface area contributed by atoms with E-state index in [0.29, 0.717) is 41.4 Å². The lowest BCUT2D eigenvalue weighted by Gasteiger charge is -2.61. The summed E-state index contributed by atoms with van der Waals surface area (Å²) >= 11 is 0. The smallest absolute Gasteiger partial charge is 0.187 e. The van der Waals surface area contributed by atoms with E-state index in [1.54, 1.807) is 6.92 Å². The molecule has 62 heavy (non-hydrogen) atoms. The first-order valence-electron chi connectivity index (χ1n) is 23.7. The third-order valence-corrected chi connectivity index (χ3v) is 18.2. The molecule has 9 rings (SSSR count). The molecule has 9 aliphatic rings. The highest BCUT2D eigenvalue weighted by molar-refractivity contribution is 5.15. The van der Waals surface area contributed by atoms with E-state index in [0.717, 1.165) is 45.1 Å². The van der Waals surface area contributed by atoms with Crippen LogP contribution in [0, 0.1) is 52.3 Å². The molecule has 4 saturated carbocycles. The molecule has 0 radical (unpaired) electrons. The molecule has 0 aromatic rings.